The molecule has 0 bridgehead atoms. The van der Waals surface area contributed by atoms with Crippen molar-refractivity contribution in [2.75, 3.05) is 5.75 Å². The van der Waals surface area contributed by atoms with Crippen molar-refractivity contribution in [1.29, 1.82) is 0 Å². The molecular weight excluding hydrogens is 183 g/mol. The molecular formula is C8H17NaO2S. The van der Waals surface area contributed by atoms with E-state index in [0.717, 1.165) is 31.4 Å². The second-order valence-corrected chi connectivity index (χ2v) is 3.08. The molecule has 0 aromatic heterocycles. The second kappa shape index (κ2) is 11.8. The van der Waals surface area contributed by atoms with Gasteiger partial charge in [-0.05, 0) is 18.6 Å². The Bertz CT molecular complexity index is 114. The van der Waals surface area contributed by atoms with Crippen molar-refractivity contribution in [3.63, 3.8) is 0 Å². The number of carbonyl (C=O) groups is 1. The van der Waals surface area contributed by atoms with Gasteiger partial charge >= 0.3 is 35.5 Å². The van der Waals surface area contributed by atoms with Crippen LogP contribution in [0.4, 0.5) is 0 Å². The minimum atomic E-state index is -0.681. The summed E-state index contributed by atoms with van der Waals surface area (Å²) in [6.07, 6.45) is 5.66. The minimum absolute atomic E-state index is 0. The van der Waals surface area contributed by atoms with Gasteiger partial charge in [-0.1, -0.05) is 19.3 Å². The van der Waals surface area contributed by atoms with Gasteiger partial charge in [0, 0.05) is 6.42 Å². The SMILES string of the molecule is O=C(O)CCCCCCCS.[H-].[Na+]. The van der Waals surface area contributed by atoms with Crippen molar-refractivity contribution in [3.05, 3.63) is 0 Å². The summed E-state index contributed by atoms with van der Waals surface area (Å²) in [6, 6.07) is 0. The Morgan fingerprint density at radius 1 is 1.17 bits per heavy atom. The molecule has 0 unspecified atom stereocenters. The van der Waals surface area contributed by atoms with Gasteiger partial charge in [0.2, 0.25) is 0 Å². The maximum Gasteiger partial charge on any atom is 1.00 e. The van der Waals surface area contributed by atoms with Crippen LogP contribution in [0.1, 0.15) is 40.0 Å². The molecule has 0 aliphatic heterocycles. The van der Waals surface area contributed by atoms with E-state index in [1.165, 1.54) is 6.42 Å². The van der Waals surface area contributed by atoms with E-state index >= 15 is 0 Å². The zero-order valence-electron chi connectivity index (χ0n) is 8.75. The smallest absolute Gasteiger partial charge is 1.00 e. The van der Waals surface area contributed by atoms with Crippen LogP contribution in [0.25, 0.3) is 0 Å². The van der Waals surface area contributed by atoms with Crippen LogP contribution in [0.15, 0.2) is 0 Å². The van der Waals surface area contributed by atoms with Gasteiger partial charge < -0.3 is 6.53 Å². The van der Waals surface area contributed by atoms with Crippen molar-refractivity contribution in [3.8, 4) is 0 Å². The van der Waals surface area contributed by atoms with Gasteiger partial charge in [0.25, 0.3) is 0 Å². The summed E-state index contributed by atoms with van der Waals surface area (Å²) in [5, 5.41) is 8.30. The molecule has 2 nitrogen and oxygen atoms in total. The van der Waals surface area contributed by atoms with Gasteiger partial charge in [0.15, 0.2) is 0 Å². The van der Waals surface area contributed by atoms with E-state index in [1.54, 1.807) is 0 Å². The molecule has 0 saturated carbocycles. The predicted molar refractivity (Wildman–Crippen MR) is 50.3 cm³/mol. The Balaban J connectivity index is -0.000000500. The van der Waals surface area contributed by atoms with Crippen LogP contribution < -0.4 is 29.6 Å². The molecule has 68 valence electrons. The van der Waals surface area contributed by atoms with Gasteiger partial charge in [-0.2, -0.15) is 12.6 Å². The standard InChI is InChI=1S/C8H16O2S.Na.H/c9-8(10)6-4-2-1-3-5-7-11;;/h11H,1-7H2,(H,9,10);;/q;+1;-1. The van der Waals surface area contributed by atoms with Gasteiger partial charge in [0.05, 0.1) is 0 Å². The first-order valence-electron chi connectivity index (χ1n) is 4.10. The first-order chi connectivity index (χ1) is 5.27. The topological polar surface area (TPSA) is 37.3 Å². The third kappa shape index (κ3) is 13.4. The number of carboxylic acid groups (broad SMARTS) is 1. The molecule has 1 N–H and O–H groups in total. The summed E-state index contributed by atoms with van der Waals surface area (Å²) < 4.78 is 0. The number of unbranched alkanes of at least 4 members (excludes halogenated alkanes) is 4. The molecule has 0 atom stereocenters. The van der Waals surface area contributed by atoms with Crippen molar-refractivity contribution in [2.45, 2.75) is 38.5 Å². The van der Waals surface area contributed by atoms with Crippen LogP contribution in [0.2, 0.25) is 0 Å². The maximum atomic E-state index is 10.1. The van der Waals surface area contributed by atoms with Crippen LogP contribution in [0.3, 0.4) is 0 Å². The van der Waals surface area contributed by atoms with E-state index in [-0.39, 0.29) is 31.0 Å². The molecule has 0 saturated heterocycles. The largest absolute Gasteiger partial charge is 1.00 e. The average molecular weight is 200 g/mol. The van der Waals surface area contributed by atoms with E-state index in [4.69, 9.17) is 5.11 Å². The van der Waals surface area contributed by atoms with Crippen molar-refractivity contribution < 1.29 is 40.9 Å². The monoisotopic (exact) mass is 200 g/mol. The molecule has 0 aliphatic carbocycles. The quantitative estimate of drug-likeness (QED) is 0.329. The fraction of sp³-hybridized carbons (Fsp3) is 0.875. The number of thiol groups is 1. The first kappa shape index (κ1) is 15.3. The molecule has 0 aliphatic rings. The van der Waals surface area contributed by atoms with Crippen LogP contribution in [0, 0.1) is 0 Å². The van der Waals surface area contributed by atoms with Crippen molar-refractivity contribution >= 4 is 18.6 Å². The Labute approximate surface area is 103 Å². The second-order valence-electron chi connectivity index (χ2n) is 2.64. The molecule has 0 fully saturated rings. The summed E-state index contributed by atoms with van der Waals surface area (Å²) >= 11 is 4.08. The van der Waals surface area contributed by atoms with Gasteiger partial charge in [-0.25, -0.2) is 0 Å². The summed E-state index contributed by atoms with van der Waals surface area (Å²) in [7, 11) is 0. The first-order valence-corrected chi connectivity index (χ1v) is 4.73. The molecule has 12 heavy (non-hydrogen) atoms. The molecule has 0 aromatic rings. The van der Waals surface area contributed by atoms with E-state index in [1.807, 2.05) is 0 Å². The molecule has 0 spiro atoms. The Kier molecular flexibility index (Phi) is 15.1. The van der Waals surface area contributed by atoms with Crippen LogP contribution in [-0.4, -0.2) is 16.8 Å². The zero-order chi connectivity index (χ0) is 8.53. The Morgan fingerprint density at radius 2 is 1.67 bits per heavy atom. The fourth-order valence-electron chi connectivity index (χ4n) is 0.918. The maximum absolute atomic E-state index is 10.1. The summed E-state index contributed by atoms with van der Waals surface area (Å²) in [6.45, 7) is 0. The number of hydrogen-bond donors (Lipinski definition) is 2. The summed E-state index contributed by atoms with van der Waals surface area (Å²) in [4.78, 5) is 10.1. The van der Waals surface area contributed by atoms with E-state index in [0.29, 0.717) is 6.42 Å². The Morgan fingerprint density at radius 3 is 2.17 bits per heavy atom. The minimum Gasteiger partial charge on any atom is -1.00 e. The average Bonchev–Trinajstić information content (AvgIpc) is 1.96. The molecule has 0 heterocycles. The third-order valence-corrected chi connectivity index (χ3v) is 1.86. The number of rotatable bonds is 7. The van der Waals surface area contributed by atoms with Gasteiger partial charge in [-0.15, -0.1) is 0 Å². The molecule has 4 heteroatoms. The number of aliphatic carboxylic acids is 1. The number of hydrogen-bond acceptors (Lipinski definition) is 2. The normalized spacial score (nSPS) is 9.08. The predicted octanol–water partition coefficient (Wildman–Crippen LogP) is -0.542. The van der Waals surface area contributed by atoms with Crippen molar-refractivity contribution in [2.24, 2.45) is 0 Å². The molecule has 0 aromatic carbocycles. The van der Waals surface area contributed by atoms with Crippen LogP contribution >= 0.6 is 12.6 Å². The fourth-order valence-corrected chi connectivity index (χ4v) is 1.14. The van der Waals surface area contributed by atoms with Crippen molar-refractivity contribution in [1.82, 2.24) is 0 Å². The van der Waals surface area contributed by atoms with E-state index < -0.39 is 5.97 Å². The summed E-state index contributed by atoms with van der Waals surface area (Å²) in [5.74, 6) is 0.262. The van der Waals surface area contributed by atoms with E-state index in [9.17, 15) is 4.79 Å². The molecule has 0 amide bonds. The number of carboxylic acids is 1. The molecule has 0 radical (unpaired) electrons. The summed E-state index contributed by atoms with van der Waals surface area (Å²) in [5.41, 5.74) is 0. The van der Waals surface area contributed by atoms with Gasteiger partial charge in [0.1, 0.15) is 0 Å². The molecule has 0 rings (SSSR count). The van der Waals surface area contributed by atoms with Crippen LogP contribution in [0.5, 0.6) is 0 Å². The van der Waals surface area contributed by atoms with Gasteiger partial charge in [-0.3, -0.25) is 4.79 Å². The Hall–Kier alpha value is 0.820. The third-order valence-electron chi connectivity index (χ3n) is 1.55. The van der Waals surface area contributed by atoms with E-state index in [2.05, 4.69) is 12.6 Å². The zero-order valence-corrected chi connectivity index (χ0v) is 10.6. The van der Waals surface area contributed by atoms with Crippen LogP contribution in [-0.2, 0) is 4.79 Å².